The van der Waals surface area contributed by atoms with E-state index in [1.54, 1.807) is 55.2 Å². The van der Waals surface area contributed by atoms with Crippen LogP contribution in [0.1, 0.15) is 40.2 Å². The fraction of sp³-hybridized carbons (Fsp3) is 0.417. The number of halogens is 1. The van der Waals surface area contributed by atoms with Crippen LogP contribution in [0, 0.1) is 5.92 Å². The normalized spacial score (nSPS) is 12.6. The Morgan fingerprint density at radius 3 is 2.62 bits per heavy atom. The third-order valence-corrected chi connectivity index (χ3v) is 5.32. The quantitative estimate of drug-likeness (QED) is 0.375. The predicted octanol–water partition coefficient (Wildman–Crippen LogP) is 4.84. The van der Waals surface area contributed by atoms with Gasteiger partial charge in [0, 0.05) is 18.3 Å². The van der Waals surface area contributed by atoms with Gasteiger partial charge in [-0.15, -0.1) is 0 Å². The van der Waals surface area contributed by atoms with Crippen molar-refractivity contribution >= 4 is 23.3 Å². The van der Waals surface area contributed by atoms with E-state index in [2.05, 4.69) is 10.4 Å². The molecule has 1 atom stereocenters. The molecule has 0 aliphatic rings. The maximum atomic E-state index is 13.2. The van der Waals surface area contributed by atoms with Gasteiger partial charge in [0.1, 0.15) is 28.3 Å². The number of carbonyl (C=O) groups excluding carboxylic acids is 1. The van der Waals surface area contributed by atoms with Crippen molar-refractivity contribution in [2.45, 2.75) is 52.3 Å². The zero-order chi connectivity index (χ0) is 25.0. The van der Waals surface area contributed by atoms with Gasteiger partial charge in [-0.25, -0.2) is 0 Å². The fourth-order valence-electron chi connectivity index (χ4n) is 3.52. The molecule has 2 heterocycles. The van der Waals surface area contributed by atoms with Gasteiger partial charge in [0.15, 0.2) is 11.7 Å². The van der Waals surface area contributed by atoms with Gasteiger partial charge < -0.3 is 29.6 Å². The molecule has 10 heteroatoms. The highest BCUT2D eigenvalue weighted by atomic mass is 35.5. The highest BCUT2D eigenvalue weighted by molar-refractivity contribution is 6.33. The number of ether oxygens (including phenoxy) is 2. The van der Waals surface area contributed by atoms with Crippen molar-refractivity contribution in [3.63, 3.8) is 0 Å². The number of anilines is 1. The first kappa shape index (κ1) is 25.5. The molecule has 2 aromatic heterocycles. The van der Waals surface area contributed by atoms with Crippen LogP contribution in [0.25, 0.3) is 0 Å². The molecule has 3 rings (SSSR count). The fourth-order valence-corrected chi connectivity index (χ4v) is 3.76. The lowest BCUT2D eigenvalue weighted by Crippen LogP contribution is -2.28. The van der Waals surface area contributed by atoms with E-state index in [9.17, 15) is 15.0 Å². The van der Waals surface area contributed by atoms with Crippen molar-refractivity contribution in [2.75, 3.05) is 12.4 Å². The first-order valence-electron chi connectivity index (χ1n) is 10.9. The van der Waals surface area contributed by atoms with Crippen LogP contribution in [0.4, 0.5) is 5.82 Å². The molecule has 0 radical (unpaired) electrons. The van der Waals surface area contributed by atoms with E-state index in [4.69, 9.17) is 21.1 Å². The number of aromatic nitrogens is 3. The summed E-state index contributed by atoms with van der Waals surface area (Å²) in [5, 5.41) is 28.0. The Hall–Kier alpha value is -3.17. The minimum atomic E-state index is -0.938. The Morgan fingerprint density at radius 1 is 1.26 bits per heavy atom. The first-order valence-corrected chi connectivity index (χ1v) is 11.3. The monoisotopic (exact) mass is 490 g/mol. The summed E-state index contributed by atoms with van der Waals surface area (Å²) >= 11 is 6.31. The zero-order valence-corrected chi connectivity index (χ0v) is 20.7. The Kier molecular flexibility index (Phi) is 7.78. The van der Waals surface area contributed by atoms with E-state index in [1.165, 1.54) is 17.7 Å². The largest absolute Gasteiger partial charge is 0.495 e. The van der Waals surface area contributed by atoms with Crippen LogP contribution < -0.4 is 14.8 Å². The number of benzene rings is 1. The highest BCUT2D eigenvalue weighted by Crippen LogP contribution is 2.38. The summed E-state index contributed by atoms with van der Waals surface area (Å²) in [5.74, 6) is 1.21. The van der Waals surface area contributed by atoms with Gasteiger partial charge in [0.2, 0.25) is 5.91 Å². The van der Waals surface area contributed by atoms with E-state index in [1.807, 2.05) is 13.8 Å². The zero-order valence-electron chi connectivity index (χ0n) is 19.9. The summed E-state index contributed by atoms with van der Waals surface area (Å²) in [7, 11) is 1.51. The molecule has 34 heavy (non-hydrogen) atoms. The average molecular weight is 491 g/mol. The van der Waals surface area contributed by atoms with Crippen LogP contribution in [0.5, 0.6) is 23.1 Å². The van der Waals surface area contributed by atoms with Gasteiger partial charge in [-0.2, -0.15) is 5.10 Å². The number of nitrogens with one attached hydrogen (secondary N) is 1. The Bertz CT molecular complexity index is 1130. The van der Waals surface area contributed by atoms with Crippen molar-refractivity contribution in [3.05, 3.63) is 47.7 Å². The van der Waals surface area contributed by atoms with E-state index in [0.717, 1.165) is 0 Å². The summed E-state index contributed by atoms with van der Waals surface area (Å²) in [6.07, 6.45) is 3.71. The van der Waals surface area contributed by atoms with E-state index < -0.39 is 11.6 Å². The number of hydrogen-bond acceptors (Lipinski definition) is 6. The van der Waals surface area contributed by atoms with E-state index >= 15 is 0 Å². The summed E-state index contributed by atoms with van der Waals surface area (Å²) in [6.45, 7) is 7.63. The van der Waals surface area contributed by atoms with Crippen LogP contribution in [0.3, 0.4) is 0 Å². The number of hydrogen-bond donors (Lipinski definition) is 3. The lowest BCUT2D eigenvalue weighted by molar-refractivity contribution is -0.119. The molecule has 0 saturated carbocycles. The van der Waals surface area contributed by atoms with Gasteiger partial charge in [0.05, 0.1) is 25.5 Å². The van der Waals surface area contributed by atoms with E-state index in [0.29, 0.717) is 34.5 Å². The molecule has 0 saturated heterocycles. The van der Waals surface area contributed by atoms with Gasteiger partial charge in [-0.05, 0) is 38.3 Å². The molecule has 3 aromatic rings. The third-order valence-electron chi connectivity index (χ3n) is 4.95. The number of amides is 1. The smallest absolute Gasteiger partial charge is 0.248 e. The Labute approximate surface area is 203 Å². The van der Waals surface area contributed by atoms with Crippen molar-refractivity contribution in [3.8, 4) is 23.1 Å². The maximum absolute atomic E-state index is 13.2. The molecule has 184 valence electrons. The Balaban J connectivity index is 1.81. The number of aliphatic hydroxyl groups is 1. The van der Waals surface area contributed by atoms with Gasteiger partial charge in [-0.3, -0.25) is 9.48 Å². The molecular weight excluding hydrogens is 460 g/mol. The standard InChI is InChI=1S/C24H31ClN4O5/c1-15(2)11-17(23(31)26-20-9-10-28(27-20)14-24(3,4)32)29-13-16(12-21(29)30)34-19-8-6-7-18(33-5)22(19)25/h6-10,12-13,15,17,30,32H,11,14H2,1-5H3,(H,26,27,31)/t17-/m0/s1. The molecular formula is C24H31ClN4O5. The molecule has 0 unspecified atom stereocenters. The van der Waals surface area contributed by atoms with Crippen LogP contribution in [-0.2, 0) is 11.3 Å². The number of aromatic hydroxyl groups is 1. The summed E-state index contributed by atoms with van der Waals surface area (Å²) < 4.78 is 14.1. The van der Waals surface area contributed by atoms with Crippen LogP contribution in [0.2, 0.25) is 5.02 Å². The second kappa shape index (κ2) is 10.4. The van der Waals surface area contributed by atoms with Gasteiger partial charge in [-0.1, -0.05) is 31.5 Å². The molecule has 0 spiro atoms. The second-order valence-electron chi connectivity index (χ2n) is 9.16. The number of carbonyl (C=O) groups is 1. The lowest BCUT2D eigenvalue weighted by Gasteiger charge is -2.20. The second-order valence-corrected chi connectivity index (χ2v) is 9.54. The number of nitrogens with zero attached hydrogens (tertiary/aromatic N) is 3. The average Bonchev–Trinajstić information content (AvgIpc) is 3.31. The van der Waals surface area contributed by atoms with Crippen LogP contribution in [0.15, 0.2) is 42.7 Å². The minimum Gasteiger partial charge on any atom is -0.495 e. The lowest BCUT2D eigenvalue weighted by atomic mass is 10.0. The van der Waals surface area contributed by atoms with Crippen LogP contribution >= 0.6 is 11.6 Å². The Morgan fingerprint density at radius 2 is 1.97 bits per heavy atom. The third kappa shape index (κ3) is 6.45. The van der Waals surface area contributed by atoms with Crippen LogP contribution in [-0.4, -0.2) is 43.2 Å². The highest BCUT2D eigenvalue weighted by Gasteiger charge is 2.26. The maximum Gasteiger partial charge on any atom is 0.248 e. The minimum absolute atomic E-state index is 0.123. The van der Waals surface area contributed by atoms with Crippen molar-refractivity contribution in [2.24, 2.45) is 5.92 Å². The van der Waals surface area contributed by atoms with Gasteiger partial charge >= 0.3 is 0 Å². The van der Waals surface area contributed by atoms with Crippen molar-refractivity contribution < 1.29 is 24.5 Å². The predicted molar refractivity (Wildman–Crippen MR) is 130 cm³/mol. The molecule has 0 fully saturated rings. The number of rotatable bonds is 10. The molecule has 9 nitrogen and oxygen atoms in total. The molecule has 1 amide bonds. The summed E-state index contributed by atoms with van der Waals surface area (Å²) in [5.41, 5.74) is -0.938. The summed E-state index contributed by atoms with van der Waals surface area (Å²) in [6, 6.07) is 7.51. The summed E-state index contributed by atoms with van der Waals surface area (Å²) in [4.78, 5) is 13.2. The first-order chi connectivity index (χ1) is 16.0. The topological polar surface area (TPSA) is 111 Å². The SMILES string of the molecule is COc1cccc(Oc2cc(O)n([C@@H](CC(C)C)C(=O)Nc3ccn(CC(C)(C)O)n3)c2)c1Cl. The molecule has 0 aliphatic carbocycles. The molecule has 1 aromatic carbocycles. The molecule has 0 bridgehead atoms. The van der Waals surface area contributed by atoms with Gasteiger partial charge in [0.25, 0.3) is 0 Å². The van der Waals surface area contributed by atoms with Crippen molar-refractivity contribution in [1.82, 2.24) is 14.3 Å². The number of methoxy groups -OCH3 is 1. The molecule has 3 N–H and O–H groups in total. The van der Waals surface area contributed by atoms with E-state index in [-0.39, 0.29) is 24.2 Å². The molecule has 0 aliphatic heterocycles. The van der Waals surface area contributed by atoms with Crippen molar-refractivity contribution in [1.29, 1.82) is 0 Å².